The number of nitrogens with one attached hydrogen (secondary N) is 1. The van der Waals surface area contributed by atoms with Gasteiger partial charge in [-0.2, -0.15) is 13.2 Å². The molecule has 5 rings (SSSR count). The lowest BCUT2D eigenvalue weighted by Gasteiger charge is -2.28. The molecule has 36 heavy (non-hydrogen) atoms. The molecule has 184 valence electrons. The Morgan fingerprint density at radius 1 is 0.917 bits per heavy atom. The van der Waals surface area contributed by atoms with Gasteiger partial charge >= 0.3 is 6.18 Å². The third-order valence-electron chi connectivity index (χ3n) is 6.45. The standard InChI is InChI=1S/C27H22F4N4S/c1-16-15-18(17(2)34(16)22-12-5-3-9-19(22)27(29,30)31)25-24(21-11-7-8-14-32-21)33-26(36)35(25)23-13-6-4-10-20(23)28/h3-15,24-25H,1-2H3,(H,33,36). The predicted molar refractivity (Wildman–Crippen MR) is 135 cm³/mol. The first-order chi connectivity index (χ1) is 17.2. The Kier molecular flexibility index (Phi) is 6.04. The number of para-hydroxylation sites is 2. The Labute approximate surface area is 211 Å². The van der Waals surface area contributed by atoms with Gasteiger partial charge in [0.25, 0.3) is 0 Å². The highest BCUT2D eigenvalue weighted by Crippen LogP contribution is 2.45. The number of pyridine rings is 1. The van der Waals surface area contributed by atoms with Crippen molar-refractivity contribution in [3.63, 3.8) is 0 Å². The van der Waals surface area contributed by atoms with Gasteiger partial charge in [0, 0.05) is 17.6 Å². The van der Waals surface area contributed by atoms with E-state index in [1.54, 1.807) is 59.8 Å². The van der Waals surface area contributed by atoms with Gasteiger partial charge in [0.15, 0.2) is 5.11 Å². The van der Waals surface area contributed by atoms with Gasteiger partial charge in [-0.25, -0.2) is 4.39 Å². The molecule has 0 saturated carbocycles. The Hall–Kier alpha value is -3.72. The molecule has 9 heteroatoms. The largest absolute Gasteiger partial charge is 0.418 e. The highest BCUT2D eigenvalue weighted by molar-refractivity contribution is 7.80. The van der Waals surface area contributed by atoms with Crippen molar-refractivity contribution in [1.29, 1.82) is 0 Å². The van der Waals surface area contributed by atoms with E-state index in [0.717, 1.165) is 11.6 Å². The van der Waals surface area contributed by atoms with E-state index >= 15 is 0 Å². The van der Waals surface area contributed by atoms with Gasteiger partial charge in [-0.15, -0.1) is 0 Å². The molecule has 3 heterocycles. The molecule has 2 aromatic carbocycles. The van der Waals surface area contributed by atoms with Crippen molar-refractivity contribution in [2.75, 3.05) is 4.90 Å². The van der Waals surface area contributed by atoms with Crippen molar-refractivity contribution in [3.05, 3.63) is 113 Å². The molecule has 1 aliphatic heterocycles. The SMILES string of the molecule is Cc1cc(C2C(c3ccccn3)NC(=S)N2c2ccccc2F)c(C)n1-c1ccccc1C(F)(F)F. The number of benzene rings is 2. The van der Waals surface area contributed by atoms with Gasteiger partial charge in [-0.1, -0.05) is 30.3 Å². The van der Waals surface area contributed by atoms with Crippen LogP contribution in [0.3, 0.4) is 0 Å². The molecule has 0 radical (unpaired) electrons. The lowest BCUT2D eigenvalue weighted by molar-refractivity contribution is -0.137. The first kappa shape index (κ1) is 24.0. The lowest BCUT2D eigenvalue weighted by atomic mass is 9.96. The number of hydrogen-bond donors (Lipinski definition) is 1. The molecule has 1 N–H and O–H groups in total. The second kappa shape index (κ2) is 9.05. The maximum absolute atomic E-state index is 15.0. The molecule has 1 aliphatic rings. The summed E-state index contributed by atoms with van der Waals surface area (Å²) in [6.45, 7) is 3.53. The van der Waals surface area contributed by atoms with Crippen LogP contribution in [0.2, 0.25) is 0 Å². The summed E-state index contributed by atoms with van der Waals surface area (Å²) in [6.07, 6.45) is -2.86. The van der Waals surface area contributed by atoms with Crippen LogP contribution in [0.5, 0.6) is 0 Å². The van der Waals surface area contributed by atoms with Crippen LogP contribution >= 0.6 is 12.2 Å². The van der Waals surface area contributed by atoms with Crippen molar-refractivity contribution in [3.8, 4) is 5.69 Å². The van der Waals surface area contributed by atoms with Gasteiger partial charge in [0.05, 0.1) is 34.7 Å². The van der Waals surface area contributed by atoms with E-state index in [4.69, 9.17) is 12.2 Å². The molecule has 4 aromatic rings. The van der Waals surface area contributed by atoms with Crippen LogP contribution in [0, 0.1) is 19.7 Å². The van der Waals surface area contributed by atoms with Crippen LogP contribution in [0.1, 0.15) is 40.3 Å². The third kappa shape index (κ3) is 4.03. The second-order valence-corrected chi connectivity index (χ2v) is 9.01. The van der Waals surface area contributed by atoms with Crippen LogP contribution < -0.4 is 10.2 Å². The Bertz CT molecular complexity index is 1430. The van der Waals surface area contributed by atoms with Crippen molar-refractivity contribution in [2.45, 2.75) is 32.1 Å². The maximum Gasteiger partial charge on any atom is 0.418 e. The van der Waals surface area contributed by atoms with Gasteiger partial charge in [-0.3, -0.25) is 4.98 Å². The van der Waals surface area contributed by atoms with Crippen molar-refractivity contribution >= 4 is 23.0 Å². The van der Waals surface area contributed by atoms with Crippen LogP contribution in [-0.2, 0) is 6.18 Å². The number of halogens is 4. The third-order valence-corrected chi connectivity index (χ3v) is 6.76. The first-order valence-corrected chi connectivity index (χ1v) is 11.7. The molecule has 0 amide bonds. The van der Waals surface area contributed by atoms with Gasteiger partial charge in [0.2, 0.25) is 0 Å². The topological polar surface area (TPSA) is 33.1 Å². The Morgan fingerprint density at radius 3 is 2.25 bits per heavy atom. The molecule has 2 unspecified atom stereocenters. The molecule has 0 bridgehead atoms. The first-order valence-electron chi connectivity index (χ1n) is 11.3. The lowest BCUT2D eigenvalue weighted by Crippen LogP contribution is -2.30. The fourth-order valence-electron chi connectivity index (χ4n) is 4.94. The molecule has 2 atom stereocenters. The van der Waals surface area contributed by atoms with E-state index in [2.05, 4.69) is 10.3 Å². The average molecular weight is 511 g/mol. The minimum Gasteiger partial charge on any atom is -0.351 e. The smallest absolute Gasteiger partial charge is 0.351 e. The van der Waals surface area contributed by atoms with Crippen LogP contribution in [0.15, 0.2) is 79.0 Å². The van der Waals surface area contributed by atoms with E-state index in [1.165, 1.54) is 18.2 Å². The van der Waals surface area contributed by atoms with Gasteiger partial charge < -0.3 is 14.8 Å². The summed E-state index contributed by atoms with van der Waals surface area (Å²) in [5, 5.41) is 3.57. The summed E-state index contributed by atoms with van der Waals surface area (Å²) in [6, 6.07) is 18.1. The zero-order valence-electron chi connectivity index (χ0n) is 19.4. The summed E-state index contributed by atoms with van der Waals surface area (Å²) in [7, 11) is 0. The molecule has 1 fully saturated rings. The Morgan fingerprint density at radius 2 is 1.58 bits per heavy atom. The van der Waals surface area contributed by atoms with Crippen LogP contribution in [-0.4, -0.2) is 14.7 Å². The number of aromatic nitrogens is 2. The summed E-state index contributed by atoms with van der Waals surface area (Å²) in [4.78, 5) is 6.17. The maximum atomic E-state index is 15.0. The fraction of sp³-hybridized carbons (Fsp3) is 0.185. The minimum absolute atomic E-state index is 0.0339. The van der Waals surface area contributed by atoms with E-state index in [-0.39, 0.29) is 11.4 Å². The zero-order chi connectivity index (χ0) is 25.6. The number of thiocarbonyl (C=S) groups is 1. The van der Waals surface area contributed by atoms with E-state index in [9.17, 15) is 17.6 Å². The summed E-state index contributed by atoms with van der Waals surface area (Å²) >= 11 is 5.65. The normalized spacial score (nSPS) is 17.9. The van der Waals surface area contributed by atoms with Crippen LogP contribution in [0.4, 0.5) is 23.2 Å². The molecule has 0 spiro atoms. The number of aryl methyl sites for hydroxylation is 1. The number of alkyl halides is 3. The molecule has 0 aliphatic carbocycles. The summed E-state index contributed by atoms with van der Waals surface area (Å²) < 4.78 is 58.2. The van der Waals surface area contributed by atoms with Gasteiger partial charge in [-0.05, 0) is 74.1 Å². The molecule has 4 nitrogen and oxygen atoms in total. The quantitative estimate of drug-likeness (QED) is 0.241. The van der Waals surface area contributed by atoms with Crippen molar-refractivity contribution in [2.24, 2.45) is 0 Å². The minimum atomic E-state index is -4.52. The average Bonchev–Trinajstić information content (AvgIpc) is 3.34. The number of nitrogens with zero attached hydrogens (tertiary/aromatic N) is 3. The molecule has 1 saturated heterocycles. The monoisotopic (exact) mass is 510 g/mol. The molecular weight excluding hydrogens is 488 g/mol. The highest BCUT2D eigenvalue weighted by atomic mass is 32.1. The second-order valence-electron chi connectivity index (χ2n) is 8.62. The van der Waals surface area contributed by atoms with Gasteiger partial charge in [0.1, 0.15) is 5.82 Å². The Balaban J connectivity index is 1.72. The number of hydrogen-bond acceptors (Lipinski definition) is 2. The van der Waals surface area contributed by atoms with E-state index in [1.807, 2.05) is 18.2 Å². The van der Waals surface area contributed by atoms with E-state index < -0.39 is 29.6 Å². The van der Waals surface area contributed by atoms with E-state index in [0.29, 0.717) is 22.2 Å². The zero-order valence-corrected chi connectivity index (χ0v) is 20.2. The van der Waals surface area contributed by atoms with Crippen molar-refractivity contribution in [1.82, 2.24) is 14.9 Å². The summed E-state index contributed by atoms with van der Waals surface area (Å²) in [5.41, 5.74) is 2.20. The summed E-state index contributed by atoms with van der Waals surface area (Å²) in [5.74, 6) is -0.454. The highest BCUT2D eigenvalue weighted by Gasteiger charge is 2.43. The number of rotatable bonds is 4. The fourth-order valence-corrected chi connectivity index (χ4v) is 5.28. The molecular formula is C27H22F4N4S. The predicted octanol–water partition coefficient (Wildman–Crippen LogP) is 6.82. The van der Waals surface area contributed by atoms with Crippen molar-refractivity contribution < 1.29 is 17.6 Å². The molecule has 2 aromatic heterocycles. The number of anilines is 1. The van der Waals surface area contributed by atoms with Crippen LogP contribution in [0.25, 0.3) is 5.69 Å².